The van der Waals surface area contributed by atoms with E-state index in [1.54, 1.807) is 22.7 Å². The lowest BCUT2D eigenvalue weighted by Gasteiger charge is -2.18. The number of nitrogens with one attached hydrogen (secondary N) is 1. The summed E-state index contributed by atoms with van der Waals surface area (Å²) in [7, 11) is 0. The van der Waals surface area contributed by atoms with Crippen LogP contribution in [0.5, 0.6) is 0 Å². The van der Waals surface area contributed by atoms with E-state index in [0.29, 0.717) is 0 Å². The first-order valence-electron chi connectivity index (χ1n) is 8.54. The highest BCUT2D eigenvalue weighted by Gasteiger charge is 2.17. The first kappa shape index (κ1) is 17.1. The summed E-state index contributed by atoms with van der Waals surface area (Å²) in [6.45, 7) is 2.82. The number of thiazole rings is 1. The molecule has 132 valence electrons. The lowest BCUT2D eigenvalue weighted by atomic mass is 10.1. The molecule has 0 fully saturated rings. The molecule has 0 amide bonds. The smallest absolute Gasteiger partial charge is 0.110 e. The number of thiophene rings is 1. The molecular weight excluding hydrogens is 360 g/mol. The molecule has 3 aromatic heterocycles. The van der Waals surface area contributed by atoms with Crippen molar-refractivity contribution >= 4 is 22.7 Å². The maximum Gasteiger partial charge on any atom is 0.110 e. The molecule has 4 rings (SSSR count). The number of rotatable bonds is 7. The van der Waals surface area contributed by atoms with Gasteiger partial charge in [0.15, 0.2) is 0 Å². The highest BCUT2D eigenvalue weighted by Crippen LogP contribution is 2.24. The van der Waals surface area contributed by atoms with Crippen molar-refractivity contribution < 1.29 is 0 Å². The highest BCUT2D eigenvalue weighted by molar-refractivity contribution is 7.09. The monoisotopic (exact) mass is 380 g/mol. The van der Waals surface area contributed by atoms with E-state index in [1.807, 2.05) is 29.2 Å². The van der Waals surface area contributed by atoms with Crippen LogP contribution in [0.3, 0.4) is 0 Å². The molecular formula is C20H20N4S2. The first-order valence-corrected chi connectivity index (χ1v) is 10.4. The summed E-state index contributed by atoms with van der Waals surface area (Å²) in [6, 6.07) is 12.7. The Bertz CT molecular complexity index is 942. The highest BCUT2D eigenvalue weighted by atomic mass is 32.1. The van der Waals surface area contributed by atoms with Gasteiger partial charge in [0.05, 0.1) is 11.7 Å². The van der Waals surface area contributed by atoms with Gasteiger partial charge in [0.25, 0.3) is 0 Å². The maximum atomic E-state index is 4.72. The van der Waals surface area contributed by atoms with E-state index in [1.165, 1.54) is 11.1 Å². The summed E-state index contributed by atoms with van der Waals surface area (Å²) >= 11 is 3.47. The van der Waals surface area contributed by atoms with Gasteiger partial charge in [-0.3, -0.25) is 0 Å². The second kappa shape index (κ2) is 7.95. The second-order valence-corrected chi connectivity index (χ2v) is 7.85. The summed E-state index contributed by atoms with van der Waals surface area (Å²) in [5.41, 5.74) is 4.76. The number of hydrogen-bond donors (Lipinski definition) is 1. The van der Waals surface area contributed by atoms with Gasteiger partial charge in [-0.25, -0.2) is 9.67 Å². The van der Waals surface area contributed by atoms with Crippen LogP contribution in [0.2, 0.25) is 0 Å². The van der Waals surface area contributed by atoms with Gasteiger partial charge in [-0.05, 0) is 53.4 Å². The summed E-state index contributed by atoms with van der Waals surface area (Å²) in [6.07, 6.45) is 4.73. The molecule has 0 bridgehead atoms. The van der Waals surface area contributed by atoms with Crippen molar-refractivity contribution in [2.45, 2.75) is 25.9 Å². The number of benzene rings is 1. The Morgan fingerprint density at radius 1 is 1.15 bits per heavy atom. The van der Waals surface area contributed by atoms with Gasteiger partial charge < -0.3 is 5.32 Å². The number of nitrogens with zero attached hydrogens (tertiary/aromatic N) is 3. The summed E-state index contributed by atoms with van der Waals surface area (Å²) < 4.78 is 1.92. The Morgan fingerprint density at radius 2 is 2.08 bits per heavy atom. The molecule has 0 saturated carbocycles. The van der Waals surface area contributed by atoms with Crippen LogP contribution in [-0.2, 0) is 13.0 Å². The van der Waals surface area contributed by atoms with E-state index in [-0.39, 0.29) is 6.04 Å². The zero-order valence-electron chi connectivity index (χ0n) is 14.5. The quantitative estimate of drug-likeness (QED) is 0.502. The summed E-state index contributed by atoms with van der Waals surface area (Å²) in [5, 5.41) is 15.7. The number of aromatic nitrogens is 3. The van der Waals surface area contributed by atoms with Crippen molar-refractivity contribution in [1.29, 1.82) is 0 Å². The van der Waals surface area contributed by atoms with Gasteiger partial charge in [-0.2, -0.15) is 16.4 Å². The molecule has 1 unspecified atom stereocenters. The van der Waals surface area contributed by atoms with Gasteiger partial charge in [0.2, 0.25) is 0 Å². The standard InChI is InChI=1S/C20H20N4S2/c1-15-13-26-20(23-15)18(11-16-7-10-25-14-16)21-12-17-5-2-3-6-19(17)24-9-4-8-22-24/h2-10,13-14,18,21H,11-12H2,1H3. The zero-order valence-corrected chi connectivity index (χ0v) is 16.1. The van der Waals surface area contributed by atoms with Crippen molar-refractivity contribution in [1.82, 2.24) is 20.1 Å². The molecule has 4 aromatic rings. The minimum absolute atomic E-state index is 0.203. The Labute approximate surface area is 161 Å². The normalized spacial score (nSPS) is 12.3. The van der Waals surface area contributed by atoms with Crippen molar-refractivity contribution in [3.63, 3.8) is 0 Å². The van der Waals surface area contributed by atoms with E-state index in [4.69, 9.17) is 4.98 Å². The van der Waals surface area contributed by atoms with Gasteiger partial charge >= 0.3 is 0 Å². The molecule has 4 nitrogen and oxygen atoms in total. The van der Waals surface area contributed by atoms with E-state index in [0.717, 1.165) is 29.4 Å². The SMILES string of the molecule is Cc1csc(C(Cc2ccsc2)NCc2ccccc2-n2cccn2)n1. The maximum absolute atomic E-state index is 4.72. The minimum Gasteiger partial charge on any atom is -0.303 e. The zero-order chi connectivity index (χ0) is 17.8. The average Bonchev–Trinajstić information content (AvgIpc) is 3.41. The van der Waals surface area contributed by atoms with Crippen LogP contribution in [0, 0.1) is 6.92 Å². The van der Waals surface area contributed by atoms with Gasteiger partial charge in [0.1, 0.15) is 5.01 Å². The van der Waals surface area contributed by atoms with Crippen LogP contribution in [0.4, 0.5) is 0 Å². The third kappa shape index (κ3) is 3.93. The molecule has 1 N–H and O–H groups in total. The predicted molar refractivity (Wildman–Crippen MR) is 108 cm³/mol. The number of hydrogen-bond acceptors (Lipinski definition) is 5. The van der Waals surface area contributed by atoms with Crippen LogP contribution < -0.4 is 5.32 Å². The largest absolute Gasteiger partial charge is 0.303 e. The molecule has 0 aliphatic heterocycles. The van der Waals surface area contributed by atoms with E-state index in [2.05, 4.69) is 57.7 Å². The summed E-state index contributed by atoms with van der Waals surface area (Å²) in [5.74, 6) is 0. The third-order valence-corrected chi connectivity index (χ3v) is 6.04. The Balaban J connectivity index is 1.55. The minimum atomic E-state index is 0.203. The van der Waals surface area contributed by atoms with Gasteiger partial charge in [0, 0.05) is 30.0 Å². The van der Waals surface area contributed by atoms with E-state index in [9.17, 15) is 0 Å². The molecule has 0 radical (unpaired) electrons. The predicted octanol–water partition coefficient (Wildman–Crippen LogP) is 4.77. The first-order chi connectivity index (χ1) is 12.8. The van der Waals surface area contributed by atoms with Crippen LogP contribution >= 0.6 is 22.7 Å². The fraction of sp³-hybridized carbons (Fsp3) is 0.200. The van der Waals surface area contributed by atoms with Crippen LogP contribution in [0.15, 0.2) is 64.9 Å². The Kier molecular flexibility index (Phi) is 5.24. The molecule has 3 heterocycles. The summed E-state index contributed by atoms with van der Waals surface area (Å²) in [4.78, 5) is 4.72. The van der Waals surface area contributed by atoms with Crippen molar-refractivity contribution in [2.75, 3.05) is 0 Å². The van der Waals surface area contributed by atoms with Crippen LogP contribution in [-0.4, -0.2) is 14.8 Å². The lowest BCUT2D eigenvalue weighted by molar-refractivity contribution is 0.526. The molecule has 0 aliphatic rings. The Hall–Kier alpha value is -2.28. The van der Waals surface area contributed by atoms with Crippen molar-refractivity contribution in [2.24, 2.45) is 0 Å². The molecule has 6 heteroatoms. The van der Waals surface area contributed by atoms with Crippen LogP contribution in [0.1, 0.15) is 27.9 Å². The molecule has 0 aliphatic carbocycles. The lowest BCUT2D eigenvalue weighted by Crippen LogP contribution is -2.23. The number of aryl methyl sites for hydroxylation is 1. The average molecular weight is 381 g/mol. The molecule has 1 atom stereocenters. The fourth-order valence-corrected chi connectivity index (χ4v) is 4.50. The second-order valence-electron chi connectivity index (χ2n) is 6.18. The van der Waals surface area contributed by atoms with Crippen molar-refractivity contribution in [3.05, 3.63) is 86.8 Å². The van der Waals surface area contributed by atoms with E-state index < -0.39 is 0 Å². The molecule has 26 heavy (non-hydrogen) atoms. The molecule has 0 spiro atoms. The topological polar surface area (TPSA) is 42.7 Å². The van der Waals surface area contributed by atoms with E-state index >= 15 is 0 Å². The van der Waals surface area contributed by atoms with Gasteiger partial charge in [-0.1, -0.05) is 18.2 Å². The molecule has 0 saturated heterocycles. The third-order valence-electron chi connectivity index (χ3n) is 4.24. The van der Waals surface area contributed by atoms with Gasteiger partial charge in [-0.15, -0.1) is 11.3 Å². The fourth-order valence-electron chi connectivity index (χ4n) is 2.95. The van der Waals surface area contributed by atoms with Crippen molar-refractivity contribution in [3.8, 4) is 5.69 Å². The Morgan fingerprint density at radius 3 is 2.81 bits per heavy atom. The number of para-hydroxylation sites is 1. The van der Waals surface area contributed by atoms with Crippen LogP contribution in [0.25, 0.3) is 5.69 Å². The molecule has 1 aromatic carbocycles.